The molecule has 4 nitrogen and oxygen atoms in total. The maximum absolute atomic E-state index is 5.26. The van der Waals surface area contributed by atoms with Gasteiger partial charge in [-0.3, -0.25) is 0 Å². The first-order chi connectivity index (χ1) is 32.7. The summed E-state index contributed by atoms with van der Waals surface area (Å²) >= 11 is 0. The standard InChI is InChI=1S/C62H40N4/c1-3-12-41(13-4-1)43-24-32-48(33-25-43)60-64-61(49-34-26-44(27-35-49)42-14-5-2-6-15-42)66-62(65-60)50-36-28-46(29-37-50)52-19-11-18-51(38-52)45-22-30-47(31-23-45)59-56-21-10-9-20-55(56)57-39-53-16-7-8-17-54(53)40-58(57)63-59/h1-40H. The third-order valence-electron chi connectivity index (χ3n) is 12.5. The van der Waals surface area contributed by atoms with Crippen LogP contribution in [0.15, 0.2) is 243 Å². The summed E-state index contributed by atoms with van der Waals surface area (Å²) in [5, 5.41) is 5.95. The number of fused-ring (bicyclic) bond motifs is 4. The van der Waals surface area contributed by atoms with Crippen LogP contribution in [-0.4, -0.2) is 19.9 Å². The Kier molecular flexibility index (Phi) is 9.81. The van der Waals surface area contributed by atoms with E-state index in [2.05, 4.69) is 231 Å². The first-order valence-electron chi connectivity index (χ1n) is 22.3. The Morgan fingerprint density at radius 1 is 0.197 bits per heavy atom. The van der Waals surface area contributed by atoms with Crippen LogP contribution in [0.5, 0.6) is 0 Å². The van der Waals surface area contributed by atoms with E-state index >= 15 is 0 Å². The average Bonchev–Trinajstić information content (AvgIpc) is 3.41. The Balaban J connectivity index is 0.852. The molecule has 66 heavy (non-hydrogen) atoms. The van der Waals surface area contributed by atoms with Gasteiger partial charge in [0.05, 0.1) is 11.2 Å². The van der Waals surface area contributed by atoms with Crippen molar-refractivity contribution in [2.45, 2.75) is 0 Å². The van der Waals surface area contributed by atoms with Crippen LogP contribution in [0.25, 0.3) is 122 Å². The number of hydrogen-bond acceptors (Lipinski definition) is 4. The molecule has 0 unspecified atom stereocenters. The molecule has 0 N–H and O–H groups in total. The monoisotopic (exact) mass is 840 g/mol. The van der Waals surface area contributed by atoms with Gasteiger partial charge in [-0.2, -0.15) is 0 Å². The van der Waals surface area contributed by atoms with Gasteiger partial charge in [0, 0.05) is 33.0 Å². The highest BCUT2D eigenvalue weighted by Gasteiger charge is 2.15. The fourth-order valence-corrected chi connectivity index (χ4v) is 9.02. The van der Waals surface area contributed by atoms with E-state index in [9.17, 15) is 0 Å². The predicted octanol–water partition coefficient (Wildman–Crippen LogP) is 16.1. The molecule has 0 radical (unpaired) electrons. The lowest BCUT2D eigenvalue weighted by Crippen LogP contribution is -2.00. The third-order valence-corrected chi connectivity index (χ3v) is 12.5. The van der Waals surface area contributed by atoms with Crippen LogP contribution < -0.4 is 0 Å². The minimum Gasteiger partial charge on any atom is -0.247 e. The fraction of sp³-hybridized carbons (Fsp3) is 0. The first kappa shape index (κ1) is 38.8. The molecule has 0 aliphatic rings. The van der Waals surface area contributed by atoms with Crippen molar-refractivity contribution in [2.75, 3.05) is 0 Å². The summed E-state index contributed by atoms with van der Waals surface area (Å²) in [6.07, 6.45) is 0. The van der Waals surface area contributed by atoms with Gasteiger partial charge in [0.2, 0.25) is 0 Å². The van der Waals surface area contributed by atoms with E-state index in [0.717, 1.165) is 72.2 Å². The highest BCUT2D eigenvalue weighted by molar-refractivity contribution is 6.14. The van der Waals surface area contributed by atoms with Crippen molar-refractivity contribution >= 4 is 32.4 Å². The second kappa shape index (κ2) is 16.7. The van der Waals surface area contributed by atoms with Gasteiger partial charge in [-0.05, 0) is 78.9 Å². The SMILES string of the molecule is c1ccc(-c2ccc(-c3nc(-c4ccc(-c5ccccc5)cc4)nc(-c4ccc(-c5cccc(-c6ccc(-c7nc8cc9ccccc9cc8c8ccccc78)cc6)c5)cc4)n3)cc2)cc1. The zero-order valence-corrected chi connectivity index (χ0v) is 35.9. The smallest absolute Gasteiger partial charge is 0.164 e. The zero-order chi connectivity index (χ0) is 43.8. The largest absolute Gasteiger partial charge is 0.247 e. The Morgan fingerprint density at radius 3 is 1.03 bits per heavy atom. The van der Waals surface area contributed by atoms with Gasteiger partial charge in [0.15, 0.2) is 17.5 Å². The van der Waals surface area contributed by atoms with Crippen LogP contribution in [0.3, 0.4) is 0 Å². The molecule has 12 aromatic rings. The molecule has 0 saturated carbocycles. The summed E-state index contributed by atoms with van der Waals surface area (Å²) in [4.78, 5) is 20.4. The fourth-order valence-electron chi connectivity index (χ4n) is 9.02. The number of nitrogens with zero attached hydrogens (tertiary/aromatic N) is 4. The molecular formula is C62H40N4. The molecule has 12 rings (SSSR count). The quantitative estimate of drug-likeness (QED) is 0.113. The lowest BCUT2D eigenvalue weighted by Gasteiger charge is -2.12. The zero-order valence-electron chi connectivity index (χ0n) is 35.9. The van der Waals surface area contributed by atoms with E-state index in [1.807, 2.05) is 12.1 Å². The molecule has 2 heterocycles. The molecule has 308 valence electrons. The van der Waals surface area contributed by atoms with Gasteiger partial charge < -0.3 is 0 Å². The average molecular weight is 841 g/mol. The number of hydrogen-bond donors (Lipinski definition) is 0. The summed E-state index contributed by atoms with van der Waals surface area (Å²) in [6, 6.07) is 85.4. The Labute approximate surface area is 383 Å². The van der Waals surface area contributed by atoms with Gasteiger partial charge in [-0.15, -0.1) is 0 Å². The van der Waals surface area contributed by atoms with Crippen LogP contribution in [0, 0.1) is 0 Å². The molecule has 0 bridgehead atoms. The molecular weight excluding hydrogens is 801 g/mol. The van der Waals surface area contributed by atoms with Crippen LogP contribution in [-0.2, 0) is 0 Å². The summed E-state index contributed by atoms with van der Waals surface area (Å²) < 4.78 is 0. The Hall–Kier alpha value is -8.86. The maximum Gasteiger partial charge on any atom is 0.164 e. The van der Waals surface area contributed by atoms with E-state index in [4.69, 9.17) is 19.9 Å². The minimum absolute atomic E-state index is 0.622. The highest BCUT2D eigenvalue weighted by atomic mass is 15.0. The highest BCUT2D eigenvalue weighted by Crippen LogP contribution is 2.36. The molecule has 0 aliphatic heterocycles. The lowest BCUT2D eigenvalue weighted by atomic mass is 9.95. The van der Waals surface area contributed by atoms with Gasteiger partial charge in [0.25, 0.3) is 0 Å². The molecule has 0 spiro atoms. The van der Waals surface area contributed by atoms with Gasteiger partial charge in [-0.25, -0.2) is 19.9 Å². The molecule has 0 aliphatic carbocycles. The van der Waals surface area contributed by atoms with Crippen molar-refractivity contribution < 1.29 is 0 Å². The number of aromatic nitrogens is 4. The van der Waals surface area contributed by atoms with E-state index < -0.39 is 0 Å². The third kappa shape index (κ3) is 7.47. The molecule has 0 amide bonds. The van der Waals surface area contributed by atoms with Gasteiger partial charge in [0.1, 0.15) is 0 Å². The van der Waals surface area contributed by atoms with Crippen molar-refractivity contribution in [1.82, 2.24) is 19.9 Å². The molecule has 10 aromatic carbocycles. The molecule has 4 heteroatoms. The van der Waals surface area contributed by atoms with Crippen LogP contribution >= 0.6 is 0 Å². The van der Waals surface area contributed by atoms with Crippen LogP contribution in [0.4, 0.5) is 0 Å². The number of pyridine rings is 1. The van der Waals surface area contributed by atoms with Crippen molar-refractivity contribution in [1.29, 1.82) is 0 Å². The van der Waals surface area contributed by atoms with Crippen LogP contribution in [0.1, 0.15) is 0 Å². The summed E-state index contributed by atoms with van der Waals surface area (Å²) in [5.74, 6) is 1.88. The first-order valence-corrected chi connectivity index (χ1v) is 22.3. The Bertz CT molecular complexity index is 3600. The van der Waals surface area contributed by atoms with Crippen molar-refractivity contribution in [3.8, 4) is 89.9 Å². The number of rotatable bonds is 8. The minimum atomic E-state index is 0.622. The van der Waals surface area contributed by atoms with Gasteiger partial charge in [-0.1, -0.05) is 224 Å². The number of benzene rings is 10. The molecule has 0 atom stereocenters. The normalized spacial score (nSPS) is 11.3. The van der Waals surface area contributed by atoms with E-state index in [0.29, 0.717) is 17.5 Å². The van der Waals surface area contributed by atoms with Crippen molar-refractivity contribution in [3.05, 3.63) is 243 Å². The molecule has 0 fully saturated rings. The summed E-state index contributed by atoms with van der Waals surface area (Å²) in [7, 11) is 0. The van der Waals surface area contributed by atoms with Crippen LogP contribution in [0.2, 0.25) is 0 Å². The maximum atomic E-state index is 5.26. The van der Waals surface area contributed by atoms with E-state index in [1.54, 1.807) is 0 Å². The molecule has 0 saturated heterocycles. The van der Waals surface area contributed by atoms with Crippen molar-refractivity contribution in [2.24, 2.45) is 0 Å². The van der Waals surface area contributed by atoms with E-state index in [1.165, 1.54) is 32.7 Å². The second-order valence-electron chi connectivity index (χ2n) is 16.7. The van der Waals surface area contributed by atoms with E-state index in [-0.39, 0.29) is 0 Å². The second-order valence-corrected chi connectivity index (χ2v) is 16.7. The summed E-state index contributed by atoms with van der Waals surface area (Å²) in [5.41, 5.74) is 15.0. The predicted molar refractivity (Wildman–Crippen MR) is 274 cm³/mol. The Morgan fingerprint density at radius 2 is 0.545 bits per heavy atom. The lowest BCUT2D eigenvalue weighted by molar-refractivity contribution is 1.07. The molecule has 2 aromatic heterocycles. The van der Waals surface area contributed by atoms with Crippen molar-refractivity contribution in [3.63, 3.8) is 0 Å². The van der Waals surface area contributed by atoms with Gasteiger partial charge >= 0.3 is 0 Å². The topological polar surface area (TPSA) is 51.6 Å². The summed E-state index contributed by atoms with van der Waals surface area (Å²) in [6.45, 7) is 0.